The van der Waals surface area contributed by atoms with Crippen molar-refractivity contribution in [1.82, 2.24) is 0 Å². The van der Waals surface area contributed by atoms with Gasteiger partial charge in [-0.2, -0.15) is 0 Å². The molecule has 18 heavy (non-hydrogen) atoms. The first-order chi connectivity index (χ1) is 8.67. The molecule has 1 unspecified atom stereocenters. The molecule has 0 amide bonds. The fourth-order valence-corrected chi connectivity index (χ4v) is 2.74. The van der Waals surface area contributed by atoms with E-state index in [4.69, 9.17) is 0 Å². The highest BCUT2D eigenvalue weighted by Gasteiger charge is 2.24. The molecule has 0 radical (unpaired) electrons. The third-order valence-corrected chi connectivity index (χ3v) is 4.05. The first-order valence-corrected chi connectivity index (χ1v) is 7.90. The molecule has 0 heterocycles. The highest BCUT2D eigenvalue weighted by atomic mass is 16.4. The van der Waals surface area contributed by atoms with Crippen LogP contribution in [0.5, 0.6) is 0 Å². The molecule has 0 bridgehead atoms. The van der Waals surface area contributed by atoms with E-state index in [-0.39, 0.29) is 5.92 Å². The Morgan fingerprint density at radius 3 is 1.83 bits per heavy atom. The number of carbonyl (C=O) groups is 1. The van der Waals surface area contributed by atoms with Gasteiger partial charge in [-0.3, -0.25) is 4.79 Å². The molecule has 2 heteroatoms. The zero-order valence-electron chi connectivity index (χ0n) is 12.6. The molecule has 0 rings (SSSR count). The van der Waals surface area contributed by atoms with Gasteiger partial charge in [0.25, 0.3) is 0 Å². The molecule has 0 aliphatic carbocycles. The summed E-state index contributed by atoms with van der Waals surface area (Å²) in [5.41, 5.74) is 0. The van der Waals surface area contributed by atoms with E-state index in [0.717, 1.165) is 25.7 Å². The number of unbranched alkanes of at least 4 members (excludes halogenated alkanes) is 6. The molecule has 0 saturated carbocycles. The quantitative estimate of drug-likeness (QED) is 0.483. The lowest BCUT2D eigenvalue weighted by atomic mass is 9.84. The van der Waals surface area contributed by atoms with Crippen molar-refractivity contribution in [3.8, 4) is 0 Å². The Balaban J connectivity index is 3.74. The van der Waals surface area contributed by atoms with Crippen molar-refractivity contribution in [3.63, 3.8) is 0 Å². The largest absolute Gasteiger partial charge is 0.481 e. The molecule has 0 aromatic heterocycles. The van der Waals surface area contributed by atoms with Gasteiger partial charge in [-0.15, -0.1) is 0 Å². The fraction of sp³-hybridized carbons (Fsp3) is 0.938. The molecule has 1 N–H and O–H groups in total. The maximum absolute atomic E-state index is 11.3. The van der Waals surface area contributed by atoms with Crippen LogP contribution in [0.4, 0.5) is 0 Å². The van der Waals surface area contributed by atoms with Crippen molar-refractivity contribution in [2.45, 2.75) is 85.0 Å². The Morgan fingerprint density at radius 2 is 1.39 bits per heavy atom. The normalized spacial score (nSPS) is 12.9. The first kappa shape index (κ1) is 17.5. The Bertz CT molecular complexity index is 197. The fourth-order valence-electron chi connectivity index (χ4n) is 2.74. The first-order valence-electron chi connectivity index (χ1n) is 7.90. The average Bonchev–Trinajstić information content (AvgIpc) is 2.36. The topological polar surface area (TPSA) is 37.3 Å². The predicted octanol–water partition coefficient (Wildman–Crippen LogP) is 5.26. The highest BCUT2D eigenvalue weighted by molar-refractivity contribution is 5.70. The number of hydrogen-bond donors (Lipinski definition) is 1. The summed E-state index contributed by atoms with van der Waals surface area (Å²) in [6, 6.07) is 0. The van der Waals surface area contributed by atoms with Gasteiger partial charge in [-0.1, -0.05) is 78.6 Å². The molecule has 2 nitrogen and oxygen atoms in total. The van der Waals surface area contributed by atoms with Crippen LogP contribution in [0.15, 0.2) is 0 Å². The number of aliphatic carboxylic acids is 1. The van der Waals surface area contributed by atoms with E-state index in [1.54, 1.807) is 0 Å². The van der Waals surface area contributed by atoms with Gasteiger partial charge >= 0.3 is 5.97 Å². The van der Waals surface area contributed by atoms with Crippen LogP contribution in [0, 0.1) is 11.8 Å². The monoisotopic (exact) mass is 256 g/mol. The molecule has 108 valence electrons. The summed E-state index contributed by atoms with van der Waals surface area (Å²) < 4.78 is 0. The third-order valence-electron chi connectivity index (χ3n) is 4.05. The van der Waals surface area contributed by atoms with Crippen LogP contribution in [0.3, 0.4) is 0 Å². The van der Waals surface area contributed by atoms with Crippen molar-refractivity contribution in [2.24, 2.45) is 11.8 Å². The van der Waals surface area contributed by atoms with Gasteiger partial charge < -0.3 is 5.11 Å². The molecule has 1 atom stereocenters. The second-order valence-electron chi connectivity index (χ2n) is 5.43. The van der Waals surface area contributed by atoms with Crippen LogP contribution in [-0.4, -0.2) is 11.1 Å². The Morgan fingerprint density at radius 1 is 0.889 bits per heavy atom. The molecule has 0 fully saturated rings. The summed E-state index contributed by atoms with van der Waals surface area (Å²) in [4.78, 5) is 11.3. The molecule has 0 aromatic rings. The van der Waals surface area contributed by atoms with Gasteiger partial charge in [-0.05, 0) is 12.3 Å². The maximum Gasteiger partial charge on any atom is 0.306 e. The molecular formula is C16H32O2. The Hall–Kier alpha value is -0.530. The summed E-state index contributed by atoms with van der Waals surface area (Å²) in [7, 11) is 0. The maximum atomic E-state index is 11.3. The lowest BCUT2D eigenvalue weighted by Crippen LogP contribution is -2.22. The molecule has 0 saturated heterocycles. The van der Waals surface area contributed by atoms with Crippen LogP contribution >= 0.6 is 0 Å². The predicted molar refractivity (Wildman–Crippen MR) is 77.8 cm³/mol. The van der Waals surface area contributed by atoms with Crippen LogP contribution in [0.2, 0.25) is 0 Å². The van der Waals surface area contributed by atoms with Crippen molar-refractivity contribution in [1.29, 1.82) is 0 Å². The van der Waals surface area contributed by atoms with E-state index >= 15 is 0 Å². The zero-order chi connectivity index (χ0) is 13.8. The lowest BCUT2D eigenvalue weighted by molar-refractivity contribution is -0.144. The average molecular weight is 256 g/mol. The summed E-state index contributed by atoms with van der Waals surface area (Å²) in [5, 5.41) is 9.28. The third kappa shape index (κ3) is 7.73. The second-order valence-corrected chi connectivity index (χ2v) is 5.43. The standard InChI is InChI=1S/C16H32O2/c1-4-7-8-9-10-11-12-13-15(16(17)18)14(5-2)6-3/h14-15H,4-13H2,1-3H3,(H,17,18). The van der Waals surface area contributed by atoms with Gasteiger partial charge in [0, 0.05) is 0 Å². The van der Waals surface area contributed by atoms with E-state index in [1.165, 1.54) is 38.5 Å². The van der Waals surface area contributed by atoms with Gasteiger partial charge in [0.05, 0.1) is 5.92 Å². The van der Waals surface area contributed by atoms with Gasteiger partial charge in [0.15, 0.2) is 0 Å². The smallest absolute Gasteiger partial charge is 0.306 e. The van der Waals surface area contributed by atoms with Crippen molar-refractivity contribution >= 4 is 5.97 Å². The summed E-state index contributed by atoms with van der Waals surface area (Å²) in [6.45, 7) is 6.44. The number of carboxylic acid groups (broad SMARTS) is 1. The minimum absolute atomic E-state index is 0.115. The molecule has 0 aromatic carbocycles. The van der Waals surface area contributed by atoms with E-state index in [1.807, 2.05) is 0 Å². The lowest BCUT2D eigenvalue weighted by Gasteiger charge is -2.21. The molecule has 0 aliphatic heterocycles. The zero-order valence-corrected chi connectivity index (χ0v) is 12.6. The Labute approximate surface area is 113 Å². The van der Waals surface area contributed by atoms with Crippen LogP contribution in [0.25, 0.3) is 0 Å². The van der Waals surface area contributed by atoms with E-state index in [0.29, 0.717) is 5.92 Å². The van der Waals surface area contributed by atoms with Crippen LogP contribution in [0.1, 0.15) is 85.0 Å². The summed E-state index contributed by atoms with van der Waals surface area (Å²) in [5.74, 6) is -0.340. The summed E-state index contributed by atoms with van der Waals surface area (Å²) in [6.07, 6.45) is 11.7. The van der Waals surface area contributed by atoms with Crippen molar-refractivity contribution in [3.05, 3.63) is 0 Å². The Kier molecular flexibility index (Phi) is 11.2. The highest BCUT2D eigenvalue weighted by Crippen LogP contribution is 2.25. The van der Waals surface area contributed by atoms with Gasteiger partial charge in [0.2, 0.25) is 0 Å². The van der Waals surface area contributed by atoms with Crippen molar-refractivity contribution in [2.75, 3.05) is 0 Å². The summed E-state index contributed by atoms with van der Waals surface area (Å²) >= 11 is 0. The van der Waals surface area contributed by atoms with Gasteiger partial charge in [0.1, 0.15) is 0 Å². The minimum Gasteiger partial charge on any atom is -0.481 e. The van der Waals surface area contributed by atoms with Crippen LogP contribution < -0.4 is 0 Å². The SMILES string of the molecule is CCCCCCCCCC(C(=O)O)C(CC)CC. The van der Waals surface area contributed by atoms with Crippen LogP contribution in [-0.2, 0) is 4.79 Å². The number of rotatable bonds is 12. The van der Waals surface area contributed by atoms with E-state index in [2.05, 4.69) is 20.8 Å². The van der Waals surface area contributed by atoms with E-state index in [9.17, 15) is 9.90 Å². The molecule has 0 aliphatic rings. The van der Waals surface area contributed by atoms with Crippen molar-refractivity contribution < 1.29 is 9.90 Å². The second kappa shape index (κ2) is 11.6. The van der Waals surface area contributed by atoms with E-state index < -0.39 is 5.97 Å². The molecule has 0 spiro atoms. The molecular weight excluding hydrogens is 224 g/mol. The van der Waals surface area contributed by atoms with Gasteiger partial charge in [-0.25, -0.2) is 0 Å². The number of carboxylic acids is 1. The minimum atomic E-state index is -0.588. The number of hydrogen-bond acceptors (Lipinski definition) is 1.